The van der Waals surface area contributed by atoms with Crippen LogP contribution < -0.4 is 14.8 Å². The molecular formula is C19H23NO3. The van der Waals surface area contributed by atoms with Crippen LogP contribution in [-0.2, 0) is 4.79 Å². The molecule has 0 saturated carbocycles. The van der Waals surface area contributed by atoms with Gasteiger partial charge in [-0.15, -0.1) is 0 Å². The summed E-state index contributed by atoms with van der Waals surface area (Å²) in [6, 6.07) is 16.9. The first-order valence-corrected chi connectivity index (χ1v) is 7.79. The number of nitrogens with one attached hydrogen (secondary N) is 1. The Labute approximate surface area is 137 Å². The fourth-order valence-electron chi connectivity index (χ4n) is 1.86. The number of ether oxygens (including phenoxy) is 2. The Hall–Kier alpha value is -2.49. The van der Waals surface area contributed by atoms with Gasteiger partial charge in [-0.3, -0.25) is 4.79 Å². The lowest BCUT2D eigenvalue weighted by atomic mass is 10.1. The third-order valence-electron chi connectivity index (χ3n) is 3.54. The molecule has 0 radical (unpaired) electrons. The second-order valence-electron chi connectivity index (χ2n) is 5.78. The molecule has 0 unspecified atom stereocenters. The molecule has 23 heavy (non-hydrogen) atoms. The topological polar surface area (TPSA) is 47.6 Å². The number of carbonyl (C=O) groups excluding carboxylic acids is 1. The summed E-state index contributed by atoms with van der Waals surface area (Å²) in [4.78, 5) is 11.8. The molecule has 0 aromatic heterocycles. The fourth-order valence-corrected chi connectivity index (χ4v) is 1.86. The molecule has 0 aliphatic heterocycles. The van der Waals surface area contributed by atoms with Crippen molar-refractivity contribution in [1.29, 1.82) is 0 Å². The van der Waals surface area contributed by atoms with Crippen LogP contribution in [0.5, 0.6) is 17.2 Å². The first-order valence-electron chi connectivity index (χ1n) is 7.79. The molecule has 0 fully saturated rings. The van der Waals surface area contributed by atoms with Gasteiger partial charge < -0.3 is 14.8 Å². The van der Waals surface area contributed by atoms with E-state index in [2.05, 4.69) is 19.2 Å². The molecule has 0 aliphatic carbocycles. The number of benzene rings is 2. The lowest BCUT2D eigenvalue weighted by Crippen LogP contribution is -2.38. The van der Waals surface area contributed by atoms with Crippen molar-refractivity contribution >= 4 is 5.91 Å². The minimum atomic E-state index is -0.124. The average molecular weight is 313 g/mol. The Morgan fingerprint density at radius 3 is 2.30 bits per heavy atom. The summed E-state index contributed by atoms with van der Waals surface area (Å²) >= 11 is 0. The maximum absolute atomic E-state index is 11.8. The Balaban J connectivity index is 1.89. The SMILES string of the molecule is CC(C)[C@@H](C)NC(=O)COc1cccc(Oc2ccccc2)c1. The van der Waals surface area contributed by atoms with Gasteiger partial charge in [0.25, 0.3) is 5.91 Å². The van der Waals surface area contributed by atoms with Gasteiger partial charge in [0.2, 0.25) is 0 Å². The van der Waals surface area contributed by atoms with Gasteiger partial charge in [0.15, 0.2) is 6.61 Å². The van der Waals surface area contributed by atoms with Gasteiger partial charge in [-0.25, -0.2) is 0 Å². The molecule has 1 N–H and O–H groups in total. The Kier molecular flexibility index (Phi) is 6.03. The predicted molar refractivity (Wildman–Crippen MR) is 90.9 cm³/mol. The summed E-state index contributed by atoms with van der Waals surface area (Å²) in [6.07, 6.45) is 0. The second-order valence-corrected chi connectivity index (χ2v) is 5.78. The highest BCUT2D eigenvalue weighted by atomic mass is 16.5. The van der Waals surface area contributed by atoms with E-state index in [1.165, 1.54) is 0 Å². The summed E-state index contributed by atoms with van der Waals surface area (Å²) in [7, 11) is 0. The molecule has 2 aromatic rings. The molecule has 0 aliphatic rings. The normalized spacial score (nSPS) is 11.8. The summed E-state index contributed by atoms with van der Waals surface area (Å²) in [5.74, 6) is 2.30. The summed E-state index contributed by atoms with van der Waals surface area (Å²) in [6.45, 7) is 6.11. The van der Waals surface area contributed by atoms with Gasteiger partial charge in [-0.2, -0.15) is 0 Å². The molecule has 4 heteroatoms. The fraction of sp³-hybridized carbons (Fsp3) is 0.316. The maximum Gasteiger partial charge on any atom is 0.258 e. The third kappa shape index (κ3) is 5.66. The van der Waals surface area contributed by atoms with Crippen molar-refractivity contribution in [2.75, 3.05) is 6.61 Å². The van der Waals surface area contributed by atoms with Crippen LogP contribution in [0.3, 0.4) is 0 Å². The Morgan fingerprint density at radius 1 is 0.957 bits per heavy atom. The second kappa shape index (κ2) is 8.22. The van der Waals surface area contributed by atoms with E-state index in [0.717, 1.165) is 5.75 Å². The first kappa shape index (κ1) is 16.9. The number of rotatable bonds is 7. The Morgan fingerprint density at radius 2 is 1.61 bits per heavy atom. The van der Waals surface area contributed by atoms with Crippen LogP contribution in [0, 0.1) is 5.92 Å². The summed E-state index contributed by atoms with van der Waals surface area (Å²) < 4.78 is 11.3. The molecular weight excluding hydrogens is 290 g/mol. The number of para-hydroxylation sites is 1. The molecule has 0 bridgehead atoms. The van der Waals surface area contributed by atoms with E-state index < -0.39 is 0 Å². The van der Waals surface area contributed by atoms with Gasteiger partial charge in [0.05, 0.1) is 0 Å². The highest BCUT2D eigenvalue weighted by molar-refractivity contribution is 5.77. The zero-order valence-electron chi connectivity index (χ0n) is 13.8. The molecule has 1 atom stereocenters. The first-order chi connectivity index (χ1) is 11.0. The van der Waals surface area contributed by atoms with Crippen LogP contribution in [0.2, 0.25) is 0 Å². The lowest BCUT2D eigenvalue weighted by molar-refractivity contribution is -0.124. The van der Waals surface area contributed by atoms with Crippen molar-refractivity contribution < 1.29 is 14.3 Å². The van der Waals surface area contributed by atoms with Crippen molar-refractivity contribution in [2.45, 2.75) is 26.8 Å². The predicted octanol–water partition coefficient (Wildman–Crippen LogP) is 4.02. The van der Waals surface area contributed by atoms with Gasteiger partial charge in [0.1, 0.15) is 17.2 Å². The minimum absolute atomic E-state index is 0.00809. The summed E-state index contributed by atoms with van der Waals surface area (Å²) in [5.41, 5.74) is 0. The van der Waals surface area contributed by atoms with Gasteiger partial charge in [-0.1, -0.05) is 38.1 Å². The van der Waals surface area contributed by atoms with Gasteiger partial charge >= 0.3 is 0 Å². The number of hydrogen-bond acceptors (Lipinski definition) is 3. The molecule has 122 valence electrons. The van der Waals surface area contributed by atoms with E-state index in [0.29, 0.717) is 17.4 Å². The van der Waals surface area contributed by atoms with Gasteiger partial charge in [0, 0.05) is 12.1 Å². The molecule has 1 amide bonds. The van der Waals surface area contributed by atoms with Crippen molar-refractivity contribution in [3.8, 4) is 17.2 Å². The zero-order chi connectivity index (χ0) is 16.7. The average Bonchev–Trinajstić information content (AvgIpc) is 2.54. The van der Waals surface area contributed by atoms with Crippen LogP contribution >= 0.6 is 0 Å². The smallest absolute Gasteiger partial charge is 0.258 e. The highest BCUT2D eigenvalue weighted by Crippen LogP contribution is 2.24. The number of hydrogen-bond donors (Lipinski definition) is 1. The van der Waals surface area contributed by atoms with E-state index in [4.69, 9.17) is 9.47 Å². The molecule has 4 nitrogen and oxygen atoms in total. The number of carbonyl (C=O) groups is 1. The molecule has 0 saturated heterocycles. The molecule has 2 aromatic carbocycles. The van der Waals surface area contributed by atoms with Crippen LogP contribution in [-0.4, -0.2) is 18.6 Å². The van der Waals surface area contributed by atoms with E-state index in [9.17, 15) is 4.79 Å². The Bertz CT molecular complexity index is 626. The zero-order valence-corrected chi connectivity index (χ0v) is 13.8. The van der Waals surface area contributed by atoms with Crippen LogP contribution in [0.4, 0.5) is 0 Å². The molecule has 0 heterocycles. The third-order valence-corrected chi connectivity index (χ3v) is 3.54. The minimum Gasteiger partial charge on any atom is -0.484 e. The van der Waals surface area contributed by atoms with Crippen molar-refractivity contribution in [3.05, 3.63) is 54.6 Å². The lowest BCUT2D eigenvalue weighted by Gasteiger charge is -2.17. The maximum atomic E-state index is 11.8. The van der Waals surface area contributed by atoms with Crippen molar-refractivity contribution in [2.24, 2.45) is 5.92 Å². The highest BCUT2D eigenvalue weighted by Gasteiger charge is 2.11. The van der Waals surface area contributed by atoms with Crippen LogP contribution in [0.1, 0.15) is 20.8 Å². The molecule has 0 spiro atoms. The van der Waals surface area contributed by atoms with E-state index >= 15 is 0 Å². The monoisotopic (exact) mass is 313 g/mol. The van der Waals surface area contributed by atoms with Crippen LogP contribution in [0.15, 0.2) is 54.6 Å². The largest absolute Gasteiger partial charge is 0.484 e. The molecule has 2 rings (SSSR count). The van der Waals surface area contributed by atoms with E-state index in [1.807, 2.05) is 49.4 Å². The standard InChI is InChI=1S/C19H23NO3/c1-14(2)15(3)20-19(21)13-22-17-10-7-11-18(12-17)23-16-8-5-4-6-9-16/h4-12,14-15H,13H2,1-3H3,(H,20,21)/t15-/m1/s1. The van der Waals surface area contributed by atoms with E-state index in [1.54, 1.807) is 12.1 Å². The number of amides is 1. The summed E-state index contributed by atoms with van der Waals surface area (Å²) in [5, 5.41) is 2.91. The van der Waals surface area contributed by atoms with Gasteiger partial charge in [-0.05, 0) is 37.1 Å². The quantitative estimate of drug-likeness (QED) is 0.840. The van der Waals surface area contributed by atoms with Crippen molar-refractivity contribution in [1.82, 2.24) is 5.32 Å². The van der Waals surface area contributed by atoms with Crippen LogP contribution in [0.25, 0.3) is 0 Å². The van der Waals surface area contributed by atoms with Crippen molar-refractivity contribution in [3.63, 3.8) is 0 Å². The van der Waals surface area contributed by atoms with E-state index in [-0.39, 0.29) is 18.6 Å².